The zero-order valence-electron chi connectivity index (χ0n) is 11.1. The van der Waals surface area contributed by atoms with Crippen LogP contribution in [0.25, 0.3) is 0 Å². The van der Waals surface area contributed by atoms with Gasteiger partial charge in [0.25, 0.3) is 0 Å². The Morgan fingerprint density at radius 1 is 1.25 bits per heavy atom. The van der Waals surface area contributed by atoms with E-state index in [2.05, 4.69) is 5.32 Å². The van der Waals surface area contributed by atoms with Gasteiger partial charge in [0.1, 0.15) is 5.41 Å². The molecule has 0 atom stereocenters. The maximum atomic E-state index is 12.6. The molecule has 1 spiro atoms. The van der Waals surface area contributed by atoms with Crippen LogP contribution in [0.2, 0.25) is 0 Å². The first-order valence-corrected chi connectivity index (χ1v) is 7.71. The van der Waals surface area contributed by atoms with Gasteiger partial charge in [0.2, 0.25) is 11.8 Å². The molecule has 1 aromatic rings. The van der Waals surface area contributed by atoms with Crippen molar-refractivity contribution in [3.05, 3.63) is 22.4 Å². The van der Waals surface area contributed by atoms with Crippen LogP contribution in [-0.4, -0.2) is 29.3 Å². The predicted molar refractivity (Wildman–Crippen MR) is 74.2 cm³/mol. The average Bonchev–Trinajstić information content (AvgIpc) is 3.09. The molecule has 0 unspecified atom stereocenters. The number of nitrogens with zero attached hydrogens (tertiary/aromatic N) is 1. The van der Waals surface area contributed by atoms with Crippen LogP contribution in [0.3, 0.4) is 0 Å². The van der Waals surface area contributed by atoms with Gasteiger partial charge in [0.15, 0.2) is 0 Å². The van der Waals surface area contributed by atoms with Gasteiger partial charge in [0, 0.05) is 11.4 Å². The number of carbonyl (C=O) groups excluding carboxylic acids is 3. The van der Waals surface area contributed by atoms with E-state index in [1.54, 1.807) is 11.3 Å². The Bertz CT molecular complexity index is 547. The predicted octanol–water partition coefficient (Wildman–Crippen LogP) is 1.93. The van der Waals surface area contributed by atoms with Crippen LogP contribution < -0.4 is 5.32 Å². The third-order valence-electron chi connectivity index (χ3n) is 4.17. The summed E-state index contributed by atoms with van der Waals surface area (Å²) in [6.07, 6.45) is 3.49. The lowest BCUT2D eigenvalue weighted by molar-refractivity contribution is -0.151. The van der Waals surface area contributed by atoms with E-state index in [-0.39, 0.29) is 5.91 Å². The van der Waals surface area contributed by atoms with E-state index in [0.29, 0.717) is 25.8 Å². The number of urea groups is 1. The van der Waals surface area contributed by atoms with Crippen LogP contribution in [0.4, 0.5) is 4.79 Å². The van der Waals surface area contributed by atoms with E-state index in [0.717, 1.165) is 17.7 Å². The van der Waals surface area contributed by atoms with E-state index in [1.165, 1.54) is 4.90 Å². The zero-order chi connectivity index (χ0) is 14.2. The van der Waals surface area contributed by atoms with Crippen molar-refractivity contribution in [1.82, 2.24) is 10.2 Å². The molecular formula is C14H16N2O3S. The highest BCUT2D eigenvalue weighted by molar-refractivity contribution is 7.09. The maximum absolute atomic E-state index is 12.6. The summed E-state index contributed by atoms with van der Waals surface area (Å²) < 4.78 is 0. The van der Waals surface area contributed by atoms with Crippen molar-refractivity contribution in [1.29, 1.82) is 0 Å². The SMILES string of the molecule is O=C1NC(=O)C2(CCCC2)C(=O)N1CCc1cccs1. The summed E-state index contributed by atoms with van der Waals surface area (Å²) in [7, 11) is 0. The number of nitrogens with one attached hydrogen (secondary N) is 1. The van der Waals surface area contributed by atoms with Crippen molar-refractivity contribution in [3.63, 3.8) is 0 Å². The fourth-order valence-corrected chi connectivity index (χ4v) is 3.73. The summed E-state index contributed by atoms with van der Waals surface area (Å²) in [5, 5.41) is 4.32. The normalized spacial score (nSPS) is 21.6. The molecule has 3 rings (SSSR count). The van der Waals surface area contributed by atoms with Gasteiger partial charge in [0.05, 0.1) is 0 Å². The van der Waals surface area contributed by atoms with Crippen LogP contribution in [0.5, 0.6) is 0 Å². The average molecular weight is 292 g/mol. The fourth-order valence-electron chi connectivity index (χ4n) is 3.03. The third-order valence-corrected chi connectivity index (χ3v) is 5.11. The number of rotatable bonds is 3. The van der Waals surface area contributed by atoms with Gasteiger partial charge < -0.3 is 0 Å². The van der Waals surface area contributed by atoms with Gasteiger partial charge in [-0.25, -0.2) is 4.79 Å². The monoisotopic (exact) mass is 292 g/mol. The molecular weight excluding hydrogens is 276 g/mol. The molecule has 2 aliphatic rings. The number of amides is 4. The van der Waals surface area contributed by atoms with Crippen molar-refractivity contribution in [3.8, 4) is 0 Å². The molecule has 2 fully saturated rings. The van der Waals surface area contributed by atoms with Gasteiger partial charge in [-0.05, 0) is 30.7 Å². The highest BCUT2D eigenvalue weighted by atomic mass is 32.1. The molecule has 1 saturated carbocycles. The lowest BCUT2D eigenvalue weighted by Crippen LogP contribution is -2.63. The summed E-state index contributed by atoms with van der Waals surface area (Å²) in [6.45, 7) is 0.334. The number of carbonyl (C=O) groups is 3. The van der Waals surface area contributed by atoms with E-state index in [1.807, 2.05) is 17.5 Å². The van der Waals surface area contributed by atoms with Crippen LogP contribution in [-0.2, 0) is 16.0 Å². The summed E-state index contributed by atoms with van der Waals surface area (Å²) in [5.74, 6) is -0.710. The first-order chi connectivity index (χ1) is 9.63. The van der Waals surface area contributed by atoms with Gasteiger partial charge in [-0.2, -0.15) is 0 Å². The first-order valence-electron chi connectivity index (χ1n) is 6.83. The second-order valence-electron chi connectivity index (χ2n) is 5.33. The van der Waals surface area contributed by atoms with Crippen LogP contribution in [0.15, 0.2) is 17.5 Å². The lowest BCUT2D eigenvalue weighted by Gasteiger charge is -2.36. The Morgan fingerprint density at radius 2 is 2.00 bits per heavy atom. The standard InChI is InChI=1S/C14H16N2O3S/c17-11-14(6-1-2-7-14)12(18)16(13(19)15-11)8-5-10-4-3-9-20-10/h3-4,9H,1-2,5-8H2,(H,15,17,19). The second kappa shape index (κ2) is 5.01. The molecule has 5 nitrogen and oxygen atoms in total. The molecule has 106 valence electrons. The minimum Gasteiger partial charge on any atom is -0.277 e. The molecule has 6 heteroatoms. The maximum Gasteiger partial charge on any atom is 0.330 e. The molecule has 4 amide bonds. The van der Waals surface area contributed by atoms with Crippen molar-refractivity contribution >= 4 is 29.2 Å². The number of imide groups is 2. The van der Waals surface area contributed by atoms with Gasteiger partial charge in [-0.3, -0.25) is 19.8 Å². The van der Waals surface area contributed by atoms with Crippen LogP contribution in [0.1, 0.15) is 30.6 Å². The van der Waals surface area contributed by atoms with Crippen molar-refractivity contribution in [2.45, 2.75) is 32.1 Å². The fraction of sp³-hybridized carbons (Fsp3) is 0.500. The summed E-state index contributed by atoms with van der Waals surface area (Å²) >= 11 is 1.60. The molecule has 0 aromatic carbocycles. The van der Waals surface area contributed by atoms with E-state index in [9.17, 15) is 14.4 Å². The molecule has 1 aromatic heterocycles. The Labute approximate surface area is 121 Å². The molecule has 1 aliphatic heterocycles. The number of hydrogen-bond donors (Lipinski definition) is 1. The molecule has 1 N–H and O–H groups in total. The number of hydrogen-bond acceptors (Lipinski definition) is 4. The van der Waals surface area contributed by atoms with Gasteiger partial charge in [-0.15, -0.1) is 11.3 Å². The summed E-state index contributed by atoms with van der Waals surface area (Å²) in [4.78, 5) is 38.9. The molecule has 0 radical (unpaired) electrons. The third kappa shape index (κ3) is 2.04. The summed E-state index contributed by atoms with van der Waals surface area (Å²) in [5.41, 5.74) is -0.983. The van der Waals surface area contributed by atoms with E-state index >= 15 is 0 Å². The Morgan fingerprint density at radius 3 is 2.65 bits per heavy atom. The van der Waals surface area contributed by atoms with Crippen molar-refractivity contribution in [2.75, 3.05) is 6.54 Å². The Balaban J connectivity index is 1.77. The molecule has 1 saturated heterocycles. The first kappa shape index (κ1) is 13.3. The van der Waals surface area contributed by atoms with Crippen LogP contribution in [0, 0.1) is 5.41 Å². The molecule has 2 heterocycles. The van der Waals surface area contributed by atoms with Gasteiger partial charge in [-0.1, -0.05) is 18.9 Å². The minimum absolute atomic E-state index is 0.305. The quantitative estimate of drug-likeness (QED) is 0.866. The smallest absolute Gasteiger partial charge is 0.277 e. The van der Waals surface area contributed by atoms with Gasteiger partial charge >= 0.3 is 6.03 Å². The van der Waals surface area contributed by atoms with E-state index < -0.39 is 17.4 Å². The Hall–Kier alpha value is -1.69. The zero-order valence-corrected chi connectivity index (χ0v) is 11.9. The number of barbiturate groups is 1. The highest BCUT2D eigenvalue weighted by Crippen LogP contribution is 2.41. The topological polar surface area (TPSA) is 66.5 Å². The lowest BCUT2D eigenvalue weighted by atomic mass is 9.82. The van der Waals surface area contributed by atoms with Crippen LogP contribution >= 0.6 is 11.3 Å². The highest BCUT2D eigenvalue weighted by Gasteiger charge is 2.54. The second-order valence-corrected chi connectivity index (χ2v) is 6.37. The minimum atomic E-state index is -0.983. The molecule has 20 heavy (non-hydrogen) atoms. The summed E-state index contributed by atoms with van der Waals surface area (Å²) in [6, 6.07) is 3.35. The largest absolute Gasteiger partial charge is 0.330 e. The van der Waals surface area contributed by atoms with Crippen molar-refractivity contribution in [2.24, 2.45) is 5.41 Å². The van der Waals surface area contributed by atoms with E-state index in [4.69, 9.17) is 0 Å². The molecule has 0 bridgehead atoms. The number of thiophene rings is 1. The Kier molecular flexibility index (Phi) is 3.33. The van der Waals surface area contributed by atoms with Crippen molar-refractivity contribution < 1.29 is 14.4 Å². The molecule has 1 aliphatic carbocycles.